The van der Waals surface area contributed by atoms with Gasteiger partial charge in [-0.1, -0.05) is 6.92 Å². The Morgan fingerprint density at radius 3 is 2.90 bits per heavy atom. The van der Waals surface area contributed by atoms with Gasteiger partial charge < -0.3 is 4.55 Å². The molecule has 1 fully saturated rings. The monoisotopic (exact) mass is 308 g/mol. The summed E-state index contributed by atoms with van der Waals surface area (Å²) in [5.74, 6) is 0.681. The minimum atomic E-state index is -1.31. The van der Waals surface area contributed by atoms with E-state index in [0.717, 1.165) is 19.3 Å². The predicted molar refractivity (Wildman–Crippen MR) is 85.0 cm³/mol. The topological polar surface area (TPSA) is 79.0 Å². The number of nitrogens with two attached hydrogens (primary N) is 1. The number of rotatable bonds is 7. The first kappa shape index (κ1) is 16.5. The maximum Gasteiger partial charge on any atom is 0.164 e. The molecule has 0 amide bonds. The van der Waals surface area contributed by atoms with Crippen molar-refractivity contribution < 1.29 is 9.35 Å². The molecule has 0 spiro atoms. The van der Waals surface area contributed by atoms with E-state index < -0.39 is 11.4 Å². The number of ketones is 1. The second-order valence-corrected chi connectivity index (χ2v) is 8.69. The van der Waals surface area contributed by atoms with Gasteiger partial charge in [-0.15, -0.1) is 0 Å². The molecule has 116 valence electrons. The molecule has 21 heavy (non-hydrogen) atoms. The molecule has 1 aliphatic rings. The number of carbonyl (C=O) groups excluding carboxylic acids is 1. The molecule has 0 radical (unpaired) electrons. The predicted octanol–water partition coefficient (Wildman–Crippen LogP) is 2.86. The van der Waals surface area contributed by atoms with E-state index in [9.17, 15) is 9.35 Å². The van der Waals surface area contributed by atoms with E-state index in [2.05, 4.69) is 11.9 Å². The molecule has 4 nitrogen and oxygen atoms in total. The van der Waals surface area contributed by atoms with Gasteiger partial charge in [0.25, 0.3) is 0 Å². The maximum absolute atomic E-state index is 12.1. The van der Waals surface area contributed by atoms with Crippen molar-refractivity contribution in [1.29, 1.82) is 0 Å². The lowest BCUT2D eigenvalue weighted by atomic mass is 9.91. The van der Waals surface area contributed by atoms with Crippen molar-refractivity contribution in [3.8, 4) is 0 Å². The SMILES string of the molecule is CC1(CC(C)(C)[S+](N)[O-])CC1CCC(=O)c1cccnc1. The number of nitrogens with zero attached hydrogens (tertiary/aromatic N) is 1. The third-order valence-corrected chi connectivity index (χ3v) is 5.85. The highest BCUT2D eigenvalue weighted by molar-refractivity contribution is 7.90. The number of aromatic nitrogens is 1. The number of hydrogen-bond acceptors (Lipinski definition) is 4. The van der Waals surface area contributed by atoms with E-state index in [1.807, 2.05) is 19.9 Å². The van der Waals surface area contributed by atoms with Crippen molar-refractivity contribution in [2.45, 2.75) is 51.2 Å². The summed E-state index contributed by atoms with van der Waals surface area (Å²) in [6.07, 6.45) is 6.66. The lowest BCUT2D eigenvalue weighted by Crippen LogP contribution is -2.39. The van der Waals surface area contributed by atoms with E-state index >= 15 is 0 Å². The first-order valence-electron chi connectivity index (χ1n) is 7.34. The van der Waals surface area contributed by atoms with Crippen molar-refractivity contribution in [3.63, 3.8) is 0 Å². The summed E-state index contributed by atoms with van der Waals surface area (Å²) in [5.41, 5.74) is 0.858. The molecule has 3 atom stereocenters. The Kier molecular flexibility index (Phi) is 4.76. The second kappa shape index (κ2) is 6.07. The van der Waals surface area contributed by atoms with Gasteiger partial charge in [-0.3, -0.25) is 9.78 Å². The van der Waals surface area contributed by atoms with Crippen molar-refractivity contribution >= 4 is 17.1 Å². The second-order valence-electron chi connectivity index (χ2n) is 6.99. The zero-order chi connectivity index (χ0) is 15.7. The fourth-order valence-corrected chi connectivity index (χ4v) is 3.66. The van der Waals surface area contributed by atoms with Crippen LogP contribution in [0.4, 0.5) is 0 Å². The molecule has 0 bridgehead atoms. The van der Waals surface area contributed by atoms with Gasteiger partial charge in [0, 0.05) is 42.2 Å². The van der Waals surface area contributed by atoms with Gasteiger partial charge >= 0.3 is 0 Å². The molecule has 1 heterocycles. The Labute approximate surface area is 129 Å². The largest absolute Gasteiger partial charge is 0.598 e. The van der Waals surface area contributed by atoms with E-state index in [0.29, 0.717) is 17.9 Å². The van der Waals surface area contributed by atoms with Crippen LogP contribution >= 0.6 is 0 Å². The average Bonchev–Trinajstić information content (AvgIpc) is 3.06. The molecule has 0 saturated heterocycles. The van der Waals surface area contributed by atoms with Crippen LogP contribution in [-0.2, 0) is 11.4 Å². The van der Waals surface area contributed by atoms with Crippen LogP contribution in [0.15, 0.2) is 24.5 Å². The Bertz CT molecular complexity index is 504. The van der Waals surface area contributed by atoms with Crippen LogP contribution in [0.2, 0.25) is 0 Å². The van der Waals surface area contributed by atoms with Crippen molar-refractivity contribution in [3.05, 3.63) is 30.1 Å². The van der Waals surface area contributed by atoms with Crippen LogP contribution in [0.5, 0.6) is 0 Å². The number of pyridine rings is 1. The normalized spacial score (nSPS) is 26.4. The highest BCUT2D eigenvalue weighted by Crippen LogP contribution is 2.59. The van der Waals surface area contributed by atoms with Crippen molar-refractivity contribution in [2.75, 3.05) is 0 Å². The summed E-state index contributed by atoms with van der Waals surface area (Å²) in [4.78, 5) is 16.0. The highest BCUT2D eigenvalue weighted by atomic mass is 32.2. The minimum absolute atomic E-state index is 0.152. The molecule has 1 aromatic rings. The van der Waals surface area contributed by atoms with Crippen LogP contribution in [0.3, 0.4) is 0 Å². The molecule has 1 saturated carbocycles. The quantitative estimate of drug-likeness (QED) is 0.620. The molecule has 1 aliphatic carbocycles. The molecule has 0 aliphatic heterocycles. The van der Waals surface area contributed by atoms with Gasteiger partial charge in [-0.05, 0) is 50.2 Å². The van der Waals surface area contributed by atoms with Gasteiger partial charge in [-0.2, -0.15) is 5.14 Å². The van der Waals surface area contributed by atoms with Gasteiger partial charge in [-0.25, -0.2) is 0 Å². The van der Waals surface area contributed by atoms with Crippen LogP contribution < -0.4 is 5.14 Å². The Hall–Kier alpha value is -0.910. The minimum Gasteiger partial charge on any atom is -0.598 e. The summed E-state index contributed by atoms with van der Waals surface area (Å²) < 4.78 is 11.2. The highest BCUT2D eigenvalue weighted by Gasteiger charge is 2.54. The van der Waals surface area contributed by atoms with E-state index in [1.54, 1.807) is 18.5 Å². The standard InChI is InChI=1S/C16H24N2O2S/c1-15(2,21(17)20)11-16(3)9-13(16)6-7-14(19)12-5-4-8-18-10-12/h4-5,8,10,13H,6-7,9,11,17H2,1-3H3. The third kappa shape index (κ3) is 4.05. The summed E-state index contributed by atoms with van der Waals surface area (Å²) in [5, 5.41) is 5.56. The average molecular weight is 308 g/mol. The number of carbonyl (C=O) groups is 1. The van der Waals surface area contributed by atoms with Crippen molar-refractivity contribution in [2.24, 2.45) is 16.5 Å². The molecular formula is C16H24N2O2S. The first-order chi connectivity index (χ1) is 9.74. The molecule has 2 N–H and O–H groups in total. The van der Waals surface area contributed by atoms with Crippen molar-refractivity contribution in [1.82, 2.24) is 4.98 Å². The Balaban J connectivity index is 1.83. The fourth-order valence-electron chi connectivity index (χ4n) is 3.19. The molecule has 0 aromatic carbocycles. The Morgan fingerprint density at radius 2 is 2.33 bits per heavy atom. The van der Waals surface area contributed by atoms with E-state index in [-0.39, 0.29) is 15.9 Å². The summed E-state index contributed by atoms with van der Waals surface area (Å²) in [6, 6.07) is 3.59. The van der Waals surface area contributed by atoms with Crippen LogP contribution in [0.1, 0.15) is 56.8 Å². The number of hydrogen-bond donors (Lipinski definition) is 1. The van der Waals surface area contributed by atoms with Gasteiger partial charge in [0.2, 0.25) is 0 Å². The lowest BCUT2D eigenvalue weighted by molar-refractivity contribution is 0.0976. The lowest BCUT2D eigenvalue weighted by Gasteiger charge is -2.27. The van der Waals surface area contributed by atoms with Gasteiger partial charge in [0.15, 0.2) is 5.78 Å². The molecule has 5 heteroatoms. The summed E-state index contributed by atoms with van der Waals surface area (Å²) in [6.45, 7) is 6.11. The van der Waals surface area contributed by atoms with Crippen LogP contribution in [0.25, 0.3) is 0 Å². The maximum atomic E-state index is 12.1. The fraction of sp³-hybridized carbons (Fsp3) is 0.625. The van der Waals surface area contributed by atoms with Crippen LogP contribution in [-0.4, -0.2) is 20.1 Å². The zero-order valence-corrected chi connectivity index (χ0v) is 13.8. The zero-order valence-electron chi connectivity index (χ0n) is 13.0. The molecular weight excluding hydrogens is 284 g/mol. The third-order valence-electron chi connectivity index (χ3n) is 4.62. The van der Waals surface area contributed by atoms with Gasteiger partial charge in [0.1, 0.15) is 4.75 Å². The molecule has 2 rings (SSSR count). The summed E-state index contributed by atoms with van der Waals surface area (Å²) >= 11 is -1.31. The van der Waals surface area contributed by atoms with Crippen LogP contribution in [0, 0.1) is 11.3 Å². The molecule has 1 aromatic heterocycles. The van der Waals surface area contributed by atoms with Gasteiger partial charge in [0.05, 0.1) is 0 Å². The smallest absolute Gasteiger partial charge is 0.164 e. The van der Waals surface area contributed by atoms with E-state index in [1.165, 1.54) is 0 Å². The number of Topliss-reactive ketones (excluding diaryl/α,β-unsaturated/α-hetero) is 1. The summed E-state index contributed by atoms with van der Waals surface area (Å²) in [7, 11) is 0. The first-order valence-corrected chi connectivity index (χ1v) is 8.55. The molecule has 3 unspecified atom stereocenters. The van der Waals surface area contributed by atoms with E-state index in [4.69, 9.17) is 5.14 Å². The Morgan fingerprint density at radius 1 is 1.62 bits per heavy atom.